The Kier molecular flexibility index (Phi) is 4.13. The lowest BCUT2D eigenvalue weighted by Crippen LogP contribution is -3.00. The molecule has 2 aromatic heterocycles. The first kappa shape index (κ1) is 13.5. The van der Waals surface area contributed by atoms with Crippen molar-refractivity contribution in [3.8, 4) is 0 Å². The van der Waals surface area contributed by atoms with Crippen LogP contribution in [0.3, 0.4) is 0 Å². The van der Waals surface area contributed by atoms with Gasteiger partial charge in [-0.2, -0.15) is 0 Å². The number of H-pyrrole nitrogens is 3. The van der Waals surface area contributed by atoms with Crippen molar-refractivity contribution in [3.63, 3.8) is 0 Å². The molecule has 2 aromatic rings. The van der Waals surface area contributed by atoms with Crippen LogP contribution in [-0.4, -0.2) is 15.0 Å². The van der Waals surface area contributed by atoms with E-state index in [0.29, 0.717) is 22.5 Å². The molecule has 9 heteroatoms. The highest BCUT2D eigenvalue weighted by Crippen LogP contribution is 2.05. The summed E-state index contributed by atoms with van der Waals surface area (Å²) in [6.07, 6.45) is 3.30. The van der Waals surface area contributed by atoms with Gasteiger partial charge in [-0.05, 0) is 15.9 Å². The van der Waals surface area contributed by atoms with Crippen LogP contribution in [-0.2, 0) is 6.54 Å². The van der Waals surface area contributed by atoms with Gasteiger partial charge in [0, 0.05) is 0 Å². The molecule has 0 saturated carbocycles. The van der Waals surface area contributed by atoms with Gasteiger partial charge in [0.2, 0.25) is 12.1 Å². The highest BCUT2D eigenvalue weighted by atomic mass is 79.9. The zero-order chi connectivity index (χ0) is 11.7. The molecule has 5 N–H and O–H groups in total. The Bertz CT molecular complexity index is 631. The van der Waals surface area contributed by atoms with Crippen molar-refractivity contribution >= 4 is 21.7 Å². The summed E-state index contributed by atoms with van der Waals surface area (Å²) >= 11 is 3.11. The van der Waals surface area contributed by atoms with Crippen LogP contribution in [0.5, 0.6) is 0 Å². The Morgan fingerprint density at radius 3 is 2.65 bits per heavy atom. The second-order valence-corrected chi connectivity index (χ2v) is 4.02. The van der Waals surface area contributed by atoms with Crippen molar-refractivity contribution in [2.75, 3.05) is 5.73 Å². The van der Waals surface area contributed by atoms with Gasteiger partial charge in [-0.3, -0.25) is 9.78 Å². The van der Waals surface area contributed by atoms with E-state index in [2.05, 4.69) is 30.9 Å². The fourth-order valence-corrected chi connectivity index (χ4v) is 1.64. The number of nitrogens with two attached hydrogens (primary N) is 1. The zero-order valence-electron chi connectivity index (χ0n) is 8.46. The third-order valence-electron chi connectivity index (χ3n) is 2.00. The molecule has 7 nitrogen and oxygen atoms in total. The molecule has 0 fully saturated rings. The molecule has 17 heavy (non-hydrogen) atoms. The molecule has 0 unspecified atom stereocenters. The van der Waals surface area contributed by atoms with E-state index in [0.717, 1.165) is 0 Å². The lowest BCUT2D eigenvalue weighted by atomic mass is 10.4. The van der Waals surface area contributed by atoms with E-state index >= 15 is 0 Å². The summed E-state index contributed by atoms with van der Waals surface area (Å²) in [5.74, 6) is 0.503. The van der Waals surface area contributed by atoms with Gasteiger partial charge in [0.05, 0.1) is 5.69 Å². The standard InChI is InChI=1S/C8H8BrN5O2.ClH/c9-6-4(12-8(16)13-7(6)15)1-14-2-5(10)11-3-14;/h2-3H,1,10H2,(H2,12,13,15,16);1H. The Morgan fingerprint density at radius 2 is 2.06 bits per heavy atom. The monoisotopic (exact) mass is 321 g/mol. The maximum Gasteiger partial charge on any atom is 0.326 e. The molecule has 0 aromatic carbocycles. The number of nitrogens with one attached hydrogen (secondary N) is 3. The van der Waals surface area contributed by atoms with Crippen LogP contribution in [0.2, 0.25) is 0 Å². The minimum Gasteiger partial charge on any atom is -1.00 e. The van der Waals surface area contributed by atoms with Gasteiger partial charge in [0.15, 0.2) is 6.20 Å². The predicted octanol–water partition coefficient (Wildman–Crippen LogP) is -3.92. The van der Waals surface area contributed by atoms with Gasteiger partial charge in [0.1, 0.15) is 11.0 Å². The fourth-order valence-electron chi connectivity index (χ4n) is 1.31. The molecule has 2 heterocycles. The van der Waals surface area contributed by atoms with E-state index in [1.807, 2.05) is 0 Å². The number of halogens is 2. The van der Waals surface area contributed by atoms with Gasteiger partial charge in [-0.15, -0.1) is 0 Å². The number of rotatable bonds is 2. The van der Waals surface area contributed by atoms with Crippen LogP contribution in [0.25, 0.3) is 0 Å². The molecule has 2 rings (SSSR count). The molecular weight excluding hydrogens is 313 g/mol. The minimum absolute atomic E-state index is 0. The highest BCUT2D eigenvalue weighted by molar-refractivity contribution is 9.10. The topological polar surface area (TPSA) is 111 Å². The average Bonchev–Trinajstić information content (AvgIpc) is 2.60. The maximum atomic E-state index is 11.3. The van der Waals surface area contributed by atoms with E-state index in [4.69, 9.17) is 5.73 Å². The van der Waals surface area contributed by atoms with Crippen molar-refractivity contribution in [2.24, 2.45) is 0 Å². The number of imidazole rings is 1. The Labute approximate surface area is 110 Å². The predicted molar refractivity (Wildman–Crippen MR) is 59.9 cm³/mol. The van der Waals surface area contributed by atoms with Crippen molar-refractivity contribution < 1.29 is 17.0 Å². The largest absolute Gasteiger partial charge is 1.00 e. The van der Waals surface area contributed by atoms with Gasteiger partial charge in [-0.25, -0.2) is 14.3 Å². The lowest BCUT2D eigenvalue weighted by molar-refractivity contribution is -0.687. The molecular formula is C8H9BrClN5O2. The number of nitrogens with zero attached hydrogens (tertiary/aromatic N) is 1. The molecule has 0 aliphatic rings. The maximum absolute atomic E-state index is 11.3. The summed E-state index contributed by atoms with van der Waals surface area (Å²) in [6.45, 7) is 0.341. The summed E-state index contributed by atoms with van der Waals surface area (Å²) in [4.78, 5) is 29.8. The van der Waals surface area contributed by atoms with Crippen molar-refractivity contribution in [1.82, 2.24) is 15.0 Å². The first-order valence-electron chi connectivity index (χ1n) is 4.40. The van der Waals surface area contributed by atoms with E-state index in [1.165, 1.54) is 0 Å². The first-order valence-corrected chi connectivity index (χ1v) is 5.19. The van der Waals surface area contributed by atoms with E-state index < -0.39 is 11.2 Å². The van der Waals surface area contributed by atoms with Crippen LogP contribution >= 0.6 is 15.9 Å². The van der Waals surface area contributed by atoms with Gasteiger partial charge in [0.25, 0.3) is 5.56 Å². The summed E-state index contributed by atoms with van der Waals surface area (Å²) in [7, 11) is 0. The second kappa shape index (κ2) is 5.19. The molecule has 0 spiro atoms. The van der Waals surface area contributed by atoms with Gasteiger partial charge < -0.3 is 23.1 Å². The van der Waals surface area contributed by atoms with E-state index in [1.54, 1.807) is 17.1 Å². The highest BCUT2D eigenvalue weighted by Gasteiger charge is 2.10. The molecule has 0 bridgehead atoms. The lowest BCUT2D eigenvalue weighted by Gasteiger charge is -1.99. The number of aromatic amines is 3. The number of aromatic nitrogens is 4. The summed E-state index contributed by atoms with van der Waals surface area (Å²) in [6, 6.07) is 0. The number of hydrogen-bond acceptors (Lipinski definition) is 3. The first-order chi connectivity index (χ1) is 7.56. The van der Waals surface area contributed by atoms with Gasteiger partial charge >= 0.3 is 5.69 Å². The second-order valence-electron chi connectivity index (χ2n) is 3.23. The summed E-state index contributed by atoms with van der Waals surface area (Å²) in [5, 5.41) is 0. The number of hydrogen-bond donors (Lipinski definition) is 4. The summed E-state index contributed by atoms with van der Waals surface area (Å²) < 4.78 is 2.02. The third kappa shape index (κ3) is 2.98. The van der Waals surface area contributed by atoms with Crippen molar-refractivity contribution in [3.05, 3.63) is 43.5 Å². The molecule has 0 atom stereocenters. The quantitative estimate of drug-likeness (QED) is 0.424. The minimum atomic E-state index is -0.535. The van der Waals surface area contributed by atoms with Crippen LogP contribution in [0, 0.1) is 0 Å². The zero-order valence-corrected chi connectivity index (χ0v) is 10.8. The smallest absolute Gasteiger partial charge is 0.326 e. The Hall–Kier alpha value is -1.54. The van der Waals surface area contributed by atoms with Crippen molar-refractivity contribution in [2.45, 2.75) is 6.54 Å². The number of nitrogen functional groups attached to an aromatic ring is 1. The average molecular weight is 323 g/mol. The van der Waals surface area contributed by atoms with Crippen molar-refractivity contribution in [1.29, 1.82) is 0 Å². The third-order valence-corrected chi connectivity index (χ3v) is 2.84. The summed E-state index contributed by atoms with van der Waals surface area (Å²) in [5.41, 5.74) is 5.00. The van der Waals surface area contributed by atoms with E-state index in [9.17, 15) is 9.59 Å². The van der Waals surface area contributed by atoms with Crippen LogP contribution in [0.4, 0.5) is 5.82 Å². The van der Waals surface area contributed by atoms with E-state index in [-0.39, 0.29) is 12.4 Å². The molecule has 0 aliphatic carbocycles. The molecule has 0 aliphatic heterocycles. The molecule has 0 saturated heterocycles. The molecule has 0 amide bonds. The van der Waals surface area contributed by atoms with Crippen LogP contribution in [0.15, 0.2) is 26.6 Å². The van der Waals surface area contributed by atoms with Crippen LogP contribution < -0.4 is 34.0 Å². The number of anilines is 1. The molecule has 0 radical (unpaired) electrons. The molecule has 92 valence electrons. The SMILES string of the molecule is Nc1c[n+](Cc2[nH]c(=O)[nH]c(=O)c2Br)c[nH]1.[Cl-]. The Balaban J connectivity index is 0.00000144. The normalized spacial score (nSPS) is 9.94. The van der Waals surface area contributed by atoms with Crippen LogP contribution in [0.1, 0.15) is 5.69 Å². The Morgan fingerprint density at radius 1 is 1.35 bits per heavy atom. The fraction of sp³-hybridized carbons (Fsp3) is 0.125. The van der Waals surface area contributed by atoms with Gasteiger partial charge in [-0.1, -0.05) is 0 Å².